The Morgan fingerprint density at radius 3 is 2.50 bits per heavy atom. The van der Waals surface area contributed by atoms with Gasteiger partial charge in [-0.05, 0) is 24.6 Å². The van der Waals surface area contributed by atoms with E-state index in [1.54, 1.807) is 36.4 Å². The fraction of sp³-hybridized carbons (Fsp3) is 0.118. The predicted octanol–water partition coefficient (Wildman–Crippen LogP) is 2.10. The molecule has 0 amide bonds. The van der Waals surface area contributed by atoms with Crippen LogP contribution >= 0.6 is 0 Å². The Morgan fingerprint density at radius 2 is 1.83 bits per heavy atom. The van der Waals surface area contributed by atoms with Gasteiger partial charge in [-0.15, -0.1) is 0 Å². The average molecular weight is 342 g/mol. The van der Waals surface area contributed by atoms with E-state index in [1.165, 1.54) is 13.0 Å². The fourth-order valence-corrected chi connectivity index (χ4v) is 3.97. The first-order chi connectivity index (χ1) is 11.4. The van der Waals surface area contributed by atoms with Gasteiger partial charge in [-0.3, -0.25) is 9.59 Å². The van der Waals surface area contributed by atoms with Gasteiger partial charge in [-0.25, -0.2) is 13.4 Å². The molecule has 0 aliphatic carbocycles. The van der Waals surface area contributed by atoms with Gasteiger partial charge in [-0.2, -0.15) is 0 Å². The van der Waals surface area contributed by atoms with E-state index in [0.717, 1.165) is 6.20 Å². The van der Waals surface area contributed by atoms with Gasteiger partial charge in [0, 0.05) is 5.56 Å². The Kier molecular flexibility index (Phi) is 4.02. The number of carbonyl (C=O) groups is 1. The summed E-state index contributed by atoms with van der Waals surface area (Å²) in [5, 5.41) is 0. The van der Waals surface area contributed by atoms with E-state index < -0.39 is 15.4 Å². The first-order valence-corrected chi connectivity index (χ1v) is 8.83. The number of hydrogen-bond acceptors (Lipinski definition) is 5. The second-order valence-corrected chi connectivity index (χ2v) is 7.37. The van der Waals surface area contributed by atoms with Crippen LogP contribution in [-0.2, 0) is 15.6 Å². The van der Waals surface area contributed by atoms with Crippen LogP contribution in [0.2, 0.25) is 0 Å². The number of nitrogens with zero attached hydrogens (tertiary/aromatic N) is 1. The molecule has 2 aromatic carbocycles. The fourth-order valence-electron chi connectivity index (χ4n) is 2.43. The number of para-hydroxylation sites is 1. The third-order valence-electron chi connectivity index (χ3n) is 3.63. The number of benzene rings is 2. The minimum atomic E-state index is -3.68. The molecule has 0 bridgehead atoms. The Bertz CT molecular complexity index is 1080. The summed E-state index contributed by atoms with van der Waals surface area (Å²) in [7, 11) is -3.68. The van der Waals surface area contributed by atoms with Crippen LogP contribution in [0.1, 0.15) is 22.8 Å². The number of Topliss-reactive ketones (excluding diaryl/α,β-unsaturated/α-hetero) is 1. The van der Waals surface area contributed by atoms with E-state index in [9.17, 15) is 18.0 Å². The number of aromatic amines is 1. The van der Waals surface area contributed by atoms with E-state index >= 15 is 0 Å². The van der Waals surface area contributed by atoms with Crippen LogP contribution in [0, 0.1) is 0 Å². The summed E-state index contributed by atoms with van der Waals surface area (Å²) in [6.07, 6.45) is 1.11. The molecule has 0 saturated carbocycles. The largest absolute Gasteiger partial charge is 0.318 e. The van der Waals surface area contributed by atoms with Crippen molar-refractivity contribution in [3.8, 4) is 0 Å². The number of sulfone groups is 1. The molecule has 0 saturated heterocycles. The zero-order valence-corrected chi connectivity index (χ0v) is 13.6. The van der Waals surface area contributed by atoms with Gasteiger partial charge in [0.05, 0.1) is 27.9 Å². The lowest BCUT2D eigenvalue weighted by Gasteiger charge is -2.08. The van der Waals surface area contributed by atoms with Crippen LogP contribution in [0.4, 0.5) is 0 Å². The summed E-state index contributed by atoms with van der Waals surface area (Å²) in [5.41, 5.74) is 1.22. The average Bonchev–Trinajstić information content (AvgIpc) is 2.54. The van der Waals surface area contributed by atoms with Crippen molar-refractivity contribution in [2.24, 2.45) is 0 Å². The number of ketones is 1. The Hall–Kier alpha value is -2.80. The summed E-state index contributed by atoms with van der Waals surface area (Å²) >= 11 is 0. The zero-order valence-electron chi connectivity index (χ0n) is 12.8. The van der Waals surface area contributed by atoms with Crippen molar-refractivity contribution >= 4 is 26.7 Å². The van der Waals surface area contributed by atoms with Gasteiger partial charge < -0.3 is 4.98 Å². The zero-order chi connectivity index (χ0) is 17.3. The first kappa shape index (κ1) is 16.1. The Labute approximate surface area is 138 Å². The monoisotopic (exact) mass is 342 g/mol. The lowest BCUT2D eigenvalue weighted by molar-refractivity contribution is 0.101. The number of aromatic nitrogens is 2. The molecule has 0 aliphatic rings. The number of H-pyrrole nitrogens is 1. The van der Waals surface area contributed by atoms with Crippen molar-refractivity contribution in [1.29, 1.82) is 0 Å². The SMILES string of the molecule is CC(=O)c1ccc(CS(=O)(=O)c2cccc3ncc(=O)[nH]c23)cc1. The van der Waals surface area contributed by atoms with Crippen molar-refractivity contribution in [3.63, 3.8) is 0 Å². The van der Waals surface area contributed by atoms with Crippen molar-refractivity contribution in [3.05, 3.63) is 70.1 Å². The highest BCUT2D eigenvalue weighted by molar-refractivity contribution is 7.90. The molecule has 122 valence electrons. The van der Waals surface area contributed by atoms with Crippen LogP contribution < -0.4 is 5.56 Å². The third kappa shape index (κ3) is 3.11. The van der Waals surface area contributed by atoms with E-state index in [4.69, 9.17) is 0 Å². The molecular weight excluding hydrogens is 328 g/mol. The molecule has 3 rings (SSSR count). The maximum absolute atomic E-state index is 12.7. The highest BCUT2D eigenvalue weighted by atomic mass is 32.2. The highest BCUT2D eigenvalue weighted by Gasteiger charge is 2.19. The molecule has 0 fully saturated rings. The Morgan fingerprint density at radius 1 is 1.12 bits per heavy atom. The number of fused-ring (bicyclic) bond motifs is 1. The highest BCUT2D eigenvalue weighted by Crippen LogP contribution is 2.22. The van der Waals surface area contributed by atoms with Crippen molar-refractivity contribution in [2.45, 2.75) is 17.6 Å². The molecule has 3 aromatic rings. The molecule has 0 atom stereocenters. The number of rotatable bonds is 4. The summed E-state index contributed by atoms with van der Waals surface area (Å²) in [6.45, 7) is 1.45. The molecule has 0 spiro atoms. The lowest BCUT2D eigenvalue weighted by Crippen LogP contribution is -2.11. The van der Waals surface area contributed by atoms with Gasteiger partial charge in [0.1, 0.15) is 0 Å². The topological polar surface area (TPSA) is 97.0 Å². The second-order valence-electron chi connectivity index (χ2n) is 5.41. The quantitative estimate of drug-likeness (QED) is 0.732. The number of nitrogens with one attached hydrogen (secondary N) is 1. The summed E-state index contributed by atoms with van der Waals surface area (Å²) in [6, 6.07) is 11.1. The van der Waals surface area contributed by atoms with Gasteiger partial charge >= 0.3 is 0 Å². The molecule has 1 N–H and O–H groups in total. The Balaban J connectivity index is 2.03. The smallest absolute Gasteiger partial charge is 0.266 e. The minimum Gasteiger partial charge on any atom is -0.318 e. The summed E-state index contributed by atoms with van der Waals surface area (Å²) < 4.78 is 25.5. The standard InChI is InChI=1S/C17H14N2O4S/c1-11(20)13-7-5-12(6-8-13)10-24(22,23)15-4-2-3-14-17(15)19-16(21)9-18-14/h2-9H,10H2,1H3,(H,19,21). The molecule has 24 heavy (non-hydrogen) atoms. The van der Waals surface area contributed by atoms with Crippen molar-refractivity contribution in [1.82, 2.24) is 9.97 Å². The maximum Gasteiger partial charge on any atom is 0.266 e. The van der Waals surface area contributed by atoms with Crippen LogP contribution in [-0.4, -0.2) is 24.2 Å². The van der Waals surface area contributed by atoms with Gasteiger partial charge in [0.15, 0.2) is 15.6 Å². The molecule has 1 aromatic heterocycles. The van der Waals surface area contributed by atoms with Crippen LogP contribution in [0.15, 0.2) is 58.4 Å². The molecular formula is C17H14N2O4S. The van der Waals surface area contributed by atoms with Gasteiger partial charge in [-0.1, -0.05) is 30.3 Å². The normalized spacial score (nSPS) is 11.5. The van der Waals surface area contributed by atoms with E-state index in [-0.39, 0.29) is 21.9 Å². The van der Waals surface area contributed by atoms with Crippen molar-refractivity contribution < 1.29 is 13.2 Å². The van der Waals surface area contributed by atoms with E-state index in [1.807, 2.05) is 0 Å². The summed E-state index contributed by atoms with van der Waals surface area (Å²) in [5.74, 6) is -0.316. The summed E-state index contributed by atoms with van der Waals surface area (Å²) in [4.78, 5) is 29.3. The lowest BCUT2D eigenvalue weighted by atomic mass is 10.1. The molecule has 6 nitrogen and oxygen atoms in total. The van der Waals surface area contributed by atoms with Crippen LogP contribution in [0.5, 0.6) is 0 Å². The molecule has 0 unspecified atom stereocenters. The molecule has 7 heteroatoms. The van der Waals surface area contributed by atoms with Crippen molar-refractivity contribution in [2.75, 3.05) is 0 Å². The number of carbonyl (C=O) groups excluding carboxylic acids is 1. The second kappa shape index (κ2) is 6.01. The number of hydrogen-bond donors (Lipinski definition) is 1. The maximum atomic E-state index is 12.7. The third-order valence-corrected chi connectivity index (χ3v) is 5.35. The van der Waals surface area contributed by atoms with Gasteiger partial charge in [0.25, 0.3) is 5.56 Å². The van der Waals surface area contributed by atoms with Gasteiger partial charge in [0.2, 0.25) is 0 Å². The van der Waals surface area contributed by atoms with Crippen LogP contribution in [0.3, 0.4) is 0 Å². The predicted molar refractivity (Wildman–Crippen MR) is 89.7 cm³/mol. The van der Waals surface area contributed by atoms with E-state index in [2.05, 4.69) is 9.97 Å². The molecule has 0 aliphatic heterocycles. The molecule has 1 heterocycles. The van der Waals surface area contributed by atoms with E-state index in [0.29, 0.717) is 16.6 Å². The minimum absolute atomic E-state index is 0.0286. The first-order valence-electron chi connectivity index (χ1n) is 7.17. The molecule has 0 radical (unpaired) electrons. The van der Waals surface area contributed by atoms with Crippen LogP contribution in [0.25, 0.3) is 11.0 Å².